The molecule has 2 amide bonds. The normalized spacial score (nSPS) is 11.3. The molecule has 0 saturated heterocycles. The molecule has 0 aliphatic heterocycles. The van der Waals surface area contributed by atoms with Crippen molar-refractivity contribution in [2.45, 2.75) is 19.6 Å². The van der Waals surface area contributed by atoms with Crippen molar-refractivity contribution in [3.05, 3.63) is 105 Å². The molecule has 0 aliphatic rings. The monoisotopic (exact) mass is 581 g/mol. The van der Waals surface area contributed by atoms with Crippen LogP contribution < -0.4 is 22.3 Å². The van der Waals surface area contributed by atoms with Gasteiger partial charge < -0.3 is 21.9 Å². The summed E-state index contributed by atoms with van der Waals surface area (Å²) in [6.45, 7) is 0.255. The van der Waals surface area contributed by atoms with E-state index in [1.54, 1.807) is 53.2 Å². The van der Waals surface area contributed by atoms with Gasteiger partial charge in [0.25, 0.3) is 5.56 Å². The van der Waals surface area contributed by atoms with Gasteiger partial charge in [-0.25, -0.2) is 24.4 Å². The highest BCUT2D eigenvalue weighted by atomic mass is 35.5. The van der Waals surface area contributed by atoms with Crippen molar-refractivity contribution in [3.8, 4) is 17.0 Å². The van der Waals surface area contributed by atoms with Crippen molar-refractivity contribution >= 4 is 45.4 Å². The third-order valence-corrected chi connectivity index (χ3v) is 7.25. The molecular formula is C29H24ClN9O3. The Morgan fingerprint density at radius 3 is 2.48 bits per heavy atom. The average molecular weight is 582 g/mol. The van der Waals surface area contributed by atoms with Gasteiger partial charge in [-0.1, -0.05) is 41.9 Å². The summed E-state index contributed by atoms with van der Waals surface area (Å²) in [5, 5.41) is 18.5. The van der Waals surface area contributed by atoms with Crippen LogP contribution in [0.1, 0.15) is 17.0 Å². The number of benzene rings is 3. The quantitative estimate of drug-likeness (QED) is 0.221. The number of nitrogen functional groups attached to an aromatic ring is 1. The fourth-order valence-electron chi connectivity index (χ4n) is 4.88. The Hall–Kier alpha value is -5.49. The molecule has 6 N–H and O–H groups in total. The molecule has 12 nitrogen and oxygen atoms in total. The second-order valence-electron chi connectivity index (χ2n) is 9.55. The summed E-state index contributed by atoms with van der Waals surface area (Å²) in [7, 11) is 0. The van der Waals surface area contributed by atoms with Crippen LogP contribution in [0.5, 0.6) is 5.75 Å². The Kier molecular flexibility index (Phi) is 6.88. The van der Waals surface area contributed by atoms with Crippen molar-refractivity contribution in [1.82, 2.24) is 34.6 Å². The predicted octanol–water partition coefficient (Wildman–Crippen LogP) is 3.41. The third kappa shape index (κ3) is 4.95. The number of aromatic nitrogens is 6. The number of aromatic hydroxyl groups is 1. The highest BCUT2D eigenvalue weighted by molar-refractivity contribution is 6.31. The molecule has 6 aromatic rings. The van der Waals surface area contributed by atoms with Gasteiger partial charge >= 0.3 is 6.03 Å². The smallest absolute Gasteiger partial charge is 0.312 e. The van der Waals surface area contributed by atoms with E-state index in [0.29, 0.717) is 49.6 Å². The third-order valence-electron chi connectivity index (χ3n) is 6.88. The molecule has 42 heavy (non-hydrogen) atoms. The Bertz CT molecular complexity index is 2040. The van der Waals surface area contributed by atoms with Gasteiger partial charge in [0.2, 0.25) is 0 Å². The van der Waals surface area contributed by atoms with Gasteiger partial charge in [0.15, 0.2) is 5.65 Å². The zero-order chi connectivity index (χ0) is 29.4. The summed E-state index contributed by atoms with van der Waals surface area (Å²) in [4.78, 5) is 39.0. The summed E-state index contributed by atoms with van der Waals surface area (Å²) < 4.78 is 3.15. The van der Waals surface area contributed by atoms with Crippen LogP contribution in [0.15, 0.2) is 77.9 Å². The number of nitrogens with two attached hydrogens (primary N) is 2. The minimum atomic E-state index is -0.704. The summed E-state index contributed by atoms with van der Waals surface area (Å²) in [6, 6.07) is 18.3. The zero-order valence-corrected chi connectivity index (χ0v) is 22.8. The van der Waals surface area contributed by atoms with E-state index >= 15 is 0 Å². The SMILES string of the molecule is NC(=O)NCc1cccc2nc(Cn3nc(-c4ccc(O)cc4)c4c(N)ncnc43)n(Cc3ccccc3Cl)c(=O)c12. The van der Waals surface area contributed by atoms with Crippen LogP contribution in [-0.4, -0.2) is 40.4 Å². The van der Waals surface area contributed by atoms with Gasteiger partial charge in [-0.2, -0.15) is 5.10 Å². The van der Waals surface area contributed by atoms with Crippen LogP contribution in [0, 0.1) is 0 Å². The second kappa shape index (κ2) is 10.8. The molecule has 0 radical (unpaired) electrons. The molecule has 0 aliphatic carbocycles. The Balaban J connectivity index is 1.55. The summed E-state index contributed by atoms with van der Waals surface area (Å²) in [6.07, 6.45) is 1.35. The first-order chi connectivity index (χ1) is 20.3. The molecule has 3 aromatic heterocycles. The highest BCUT2D eigenvalue weighted by Crippen LogP contribution is 2.31. The van der Waals surface area contributed by atoms with Gasteiger partial charge in [-0.3, -0.25) is 9.36 Å². The van der Waals surface area contributed by atoms with Crippen molar-refractivity contribution in [2.75, 3.05) is 5.73 Å². The number of anilines is 1. The summed E-state index contributed by atoms with van der Waals surface area (Å²) in [5.41, 5.74) is 14.6. The van der Waals surface area contributed by atoms with Crippen LogP contribution in [0.3, 0.4) is 0 Å². The number of nitrogens with zero attached hydrogens (tertiary/aromatic N) is 6. The van der Waals surface area contributed by atoms with E-state index in [1.165, 1.54) is 10.9 Å². The van der Waals surface area contributed by atoms with Crippen LogP contribution in [0.4, 0.5) is 10.6 Å². The van der Waals surface area contributed by atoms with E-state index in [-0.39, 0.29) is 36.8 Å². The first-order valence-corrected chi connectivity index (χ1v) is 13.2. The molecule has 3 heterocycles. The topological polar surface area (TPSA) is 180 Å². The number of nitrogens with one attached hydrogen (secondary N) is 1. The molecule has 0 unspecified atom stereocenters. The molecule has 210 valence electrons. The molecule has 0 fully saturated rings. The number of urea groups is 1. The van der Waals surface area contributed by atoms with Gasteiger partial charge in [-0.15, -0.1) is 0 Å². The van der Waals surface area contributed by atoms with Crippen LogP contribution in [-0.2, 0) is 19.6 Å². The van der Waals surface area contributed by atoms with Gasteiger partial charge in [0.05, 0.1) is 22.8 Å². The van der Waals surface area contributed by atoms with E-state index in [2.05, 4.69) is 15.3 Å². The second-order valence-corrected chi connectivity index (χ2v) is 9.96. The van der Waals surface area contributed by atoms with Gasteiger partial charge in [0.1, 0.15) is 36.0 Å². The van der Waals surface area contributed by atoms with Crippen molar-refractivity contribution in [1.29, 1.82) is 0 Å². The van der Waals surface area contributed by atoms with Gasteiger partial charge in [0, 0.05) is 17.1 Å². The van der Waals surface area contributed by atoms with Crippen molar-refractivity contribution in [3.63, 3.8) is 0 Å². The molecule has 3 aromatic carbocycles. The van der Waals surface area contributed by atoms with E-state index in [0.717, 1.165) is 5.56 Å². The lowest BCUT2D eigenvalue weighted by Gasteiger charge is -2.16. The maximum absolute atomic E-state index is 14.1. The molecule has 6 rings (SSSR count). The molecule has 0 bridgehead atoms. The molecule has 0 spiro atoms. The molecular weight excluding hydrogens is 558 g/mol. The Morgan fingerprint density at radius 1 is 0.952 bits per heavy atom. The van der Waals surface area contributed by atoms with Crippen molar-refractivity contribution in [2.24, 2.45) is 5.73 Å². The largest absolute Gasteiger partial charge is 0.508 e. The van der Waals surface area contributed by atoms with E-state index < -0.39 is 6.03 Å². The first kappa shape index (κ1) is 26.7. The summed E-state index contributed by atoms with van der Waals surface area (Å²) >= 11 is 6.49. The van der Waals surface area contributed by atoms with Crippen LogP contribution >= 0.6 is 11.6 Å². The molecule has 0 saturated carbocycles. The number of carbonyl (C=O) groups excluding carboxylic acids is 1. The maximum Gasteiger partial charge on any atom is 0.312 e. The fraction of sp³-hybridized carbons (Fsp3) is 0.103. The standard InChI is InChI=1S/C29H24ClN9O3/c30-20-6-2-1-4-18(20)13-38-22(36-21-7-3-5-17(12-33-29(32)42)23(21)28(38)41)14-39-27-24(26(31)34-15-35-27)25(37-39)16-8-10-19(40)11-9-16/h1-11,15,40H,12-14H2,(H2,31,34,35)(H3,32,33,42). The molecule has 0 atom stereocenters. The number of primary amides is 1. The van der Waals surface area contributed by atoms with Crippen LogP contribution in [0.25, 0.3) is 33.2 Å². The highest BCUT2D eigenvalue weighted by Gasteiger charge is 2.21. The lowest BCUT2D eigenvalue weighted by atomic mass is 10.1. The zero-order valence-electron chi connectivity index (χ0n) is 22.0. The minimum Gasteiger partial charge on any atom is -0.508 e. The number of carbonyl (C=O) groups is 1. The summed E-state index contributed by atoms with van der Waals surface area (Å²) in [5.74, 6) is 0.744. The number of phenols is 1. The number of phenolic OH excluding ortho intramolecular Hbond substituents is 1. The number of hydrogen-bond acceptors (Lipinski definition) is 8. The molecule has 13 heteroatoms. The van der Waals surface area contributed by atoms with Gasteiger partial charge in [-0.05, 0) is 47.5 Å². The van der Waals surface area contributed by atoms with E-state index in [1.807, 2.05) is 18.2 Å². The minimum absolute atomic E-state index is 0.0600. The number of hydrogen-bond donors (Lipinski definition) is 4. The van der Waals surface area contributed by atoms with Crippen molar-refractivity contribution < 1.29 is 9.90 Å². The number of rotatable bonds is 7. The predicted molar refractivity (Wildman–Crippen MR) is 159 cm³/mol. The lowest BCUT2D eigenvalue weighted by molar-refractivity contribution is 0.248. The first-order valence-electron chi connectivity index (χ1n) is 12.8. The number of amides is 2. The van der Waals surface area contributed by atoms with E-state index in [4.69, 9.17) is 33.2 Å². The maximum atomic E-state index is 14.1. The average Bonchev–Trinajstić information content (AvgIpc) is 3.34. The fourth-order valence-corrected chi connectivity index (χ4v) is 5.08. The Labute approximate surface area is 243 Å². The number of fused-ring (bicyclic) bond motifs is 2. The van der Waals surface area contributed by atoms with E-state index in [9.17, 15) is 14.7 Å². The lowest BCUT2D eigenvalue weighted by Crippen LogP contribution is -2.31. The Morgan fingerprint density at radius 2 is 1.71 bits per heavy atom. The number of halogens is 1. The van der Waals surface area contributed by atoms with Crippen LogP contribution in [0.2, 0.25) is 5.02 Å².